The normalized spacial score (nSPS) is 13.0. The molecule has 124 valence electrons. The van der Waals surface area contributed by atoms with Crippen LogP contribution in [-0.4, -0.2) is 31.3 Å². The van der Waals surface area contributed by atoms with Crippen LogP contribution >= 0.6 is 23.2 Å². The highest BCUT2D eigenvalue weighted by molar-refractivity contribution is 7.89. The number of aliphatic hydroxyl groups is 1. The summed E-state index contributed by atoms with van der Waals surface area (Å²) in [5.41, 5.74) is 0.770. The van der Waals surface area contributed by atoms with Crippen LogP contribution in [0.25, 0.3) is 0 Å². The summed E-state index contributed by atoms with van der Waals surface area (Å²) in [6.07, 6.45) is 0.265. The predicted octanol–water partition coefficient (Wildman–Crippen LogP) is 2.58. The van der Waals surface area contributed by atoms with Crippen LogP contribution < -0.4 is 4.72 Å². The second kappa shape index (κ2) is 7.51. The number of hydrogen-bond acceptors (Lipinski definition) is 4. The molecular formula is C15H15Cl2NO4S. The van der Waals surface area contributed by atoms with Crippen LogP contribution in [0.4, 0.5) is 0 Å². The van der Waals surface area contributed by atoms with Crippen molar-refractivity contribution in [1.29, 1.82) is 0 Å². The van der Waals surface area contributed by atoms with Crippen LogP contribution in [0, 0.1) is 0 Å². The van der Waals surface area contributed by atoms with Crippen molar-refractivity contribution in [2.45, 2.75) is 17.4 Å². The number of benzene rings is 2. The highest BCUT2D eigenvalue weighted by Gasteiger charge is 2.22. The van der Waals surface area contributed by atoms with E-state index in [4.69, 9.17) is 23.2 Å². The van der Waals surface area contributed by atoms with Crippen molar-refractivity contribution in [3.63, 3.8) is 0 Å². The van der Waals surface area contributed by atoms with E-state index in [-0.39, 0.29) is 28.7 Å². The molecule has 0 bridgehead atoms. The lowest BCUT2D eigenvalue weighted by Crippen LogP contribution is -2.39. The summed E-state index contributed by atoms with van der Waals surface area (Å²) in [7, 11) is -3.90. The molecule has 0 aromatic heterocycles. The Morgan fingerprint density at radius 3 is 2.30 bits per heavy atom. The minimum absolute atomic E-state index is 0.00585. The van der Waals surface area contributed by atoms with Crippen molar-refractivity contribution >= 4 is 33.2 Å². The molecule has 2 rings (SSSR count). The lowest BCUT2D eigenvalue weighted by atomic mass is 10.1. The van der Waals surface area contributed by atoms with E-state index in [1.807, 2.05) is 0 Å². The molecule has 0 heterocycles. The summed E-state index contributed by atoms with van der Waals surface area (Å²) in [6, 6.07) is 9.64. The Morgan fingerprint density at radius 2 is 1.74 bits per heavy atom. The zero-order valence-corrected chi connectivity index (χ0v) is 14.2. The Morgan fingerprint density at radius 1 is 1.09 bits per heavy atom. The van der Waals surface area contributed by atoms with Gasteiger partial charge in [-0.3, -0.25) is 0 Å². The van der Waals surface area contributed by atoms with Crippen LogP contribution in [0.1, 0.15) is 5.56 Å². The highest BCUT2D eigenvalue weighted by atomic mass is 35.5. The number of nitrogens with one attached hydrogen (secondary N) is 1. The molecule has 0 aliphatic heterocycles. The lowest BCUT2D eigenvalue weighted by molar-refractivity contribution is 0.256. The number of phenolic OH excluding ortho intramolecular Hbond substituents is 1. The lowest BCUT2D eigenvalue weighted by Gasteiger charge is -2.17. The second-order valence-electron chi connectivity index (χ2n) is 4.95. The van der Waals surface area contributed by atoms with Crippen LogP contribution in [0.2, 0.25) is 10.0 Å². The molecule has 0 spiro atoms. The molecular weight excluding hydrogens is 361 g/mol. The van der Waals surface area contributed by atoms with Gasteiger partial charge in [0.1, 0.15) is 10.6 Å². The van der Waals surface area contributed by atoms with E-state index in [0.717, 1.165) is 5.56 Å². The van der Waals surface area contributed by atoms with Gasteiger partial charge in [-0.05, 0) is 42.3 Å². The van der Waals surface area contributed by atoms with Crippen molar-refractivity contribution in [3.8, 4) is 5.75 Å². The van der Waals surface area contributed by atoms with Crippen molar-refractivity contribution in [3.05, 3.63) is 58.1 Å². The van der Waals surface area contributed by atoms with E-state index < -0.39 is 16.1 Å². The first-order valence-corrected chi connectivity index (χ1v) is 8.92. The predicted molar refractivity (Wildman–Crippen MR) is 89.5 cm³/mol. The number of phenols is 1. The number of aromatic hydroxyl groups is 1. The Hall–Kier alpha value is -1.31. The first-order chi connectivity index (χ1) is 10.8. The number of hydrogen-bond donors (Lipinski definition) is 3. The number of aliphatic hydroxyl groups excluding tert-OH is 1. The van der Waals surface area contributed by atoms with E-state index in [9.17, 15) is 18.6 Å². The molecule has 0 fully saturated rings. The van der Waals surface area contributed by atoms with Crippen molar-refractivity contribution in [2.24, 2.45) is 0 Å². The fourth-order valence-electron chi connectivity index (χ4n) is 2.04. The van der Waals surface area contributed by atoms with E-state index in [2.05, 4.69) is 4.72 Å². The van der Waals surface area contributed by atoms with Crippen LogP contribution in [-0.2, 0) is 16.4 Å². The third-order valence-electron chi connectivity index (χ3n) is 3.14. The topological polar surface area (TPSA) is 86.6 Å². The van der Waals surface area contributed by atoms with Gasteiger partial charge in [0.05, 0.1) is 11.6 Å². The fourth-order valence-corrected chi connectivity index (χ4v) is 4.04. The minimum atomic E-state index is -3.90. The van der Waals surface area contributed by atoms with Gasteiger partial charge in [-0.1, -0.05) is 35.3 Å². The van der Waals surface area contributed by atoms with E-state index in [1.54, 1.807) is 12.1 Å². The molecule has 3 N–H and O–H groups in total. The SMILES string of the molecule is O=S(=O)(NC(CO)Cc1ccc(O)cc1)c1ccc(Cl)cc1Cl. The van der Waals surface area contributed by atoms with Crippen LogP contribution in [0.5, 0.6) is 5.75 Å². The van der Waals surface area contributed by atoms with E-state index >= 15 is 0 Å². The van der Waals surface area contributed by atoms with Crippen LogP contribution in [0.3, 0.4) is 0 Å². The third kappa shape index (κ3) is 4.83. The van der Waals surface area contributed by atoms with Crippen molar-refractivity contribution < 1.29 is 18.6 Å². The Bertz CT molecular complexity index is 779. The van der Waals surface area contributed by atoms with Gasteiger partial charge in [-0.25, -0.2) is 13.1 Å². The fraction of sp³-hybridized carbons (Fsp3) is 0.200. The van der Waals surface area contributed by atoms with Gasteiger partial charge < -0.3 is 10.2 Å². The summed E-state index contributed by atoms with van der Waals surface area (Å²) in [6.45, 7) is -0.384. The number of halogens is 2. The zero-order valence-electron chi connectivity index (χ0n) is 11.9. The van der Waals surface area contributed by atoms with Crippen LogP contribution in [0.15, 0.2) is 47.4 Å². The molecule has 0 aliphatic rings. The molecule has 8 heteroatoms. The molecule has 0 saturated heterocycles. The molecule has 0 amide bonds. The molecule has 0 radical (unpaired) electrons. The van der Waals surface area contributed by atoms with Gasteiger partial charge in [0.25, 0.3) is 0 Å². The van der Waals surface area contributed by atoms with Gasteiger partial charge in [-0.15, -0.1) is 0 Å². The Labute approximate surface area is 144 Å². The molecule has 1 atom stereocenters. The van der Waals surface area contributed by atoms with E-state index in [1.165, 1.54) is 30.3 Å². The second-order valence-corrected chi connectivity index (χ2v) is 7.47. The maximum Gasteiger partial charge on any atom is 0.242 e. The summed E-state index contributed by atoms with van der Waals surface area (Å²) >= 11 is 11.7. The zero-order chi connectivity index (χ0) is 17.0. The minimum Gasteiger partial charge on any atom is -0.508 e. The first-order valence-electron chi connectivity index (χ1n) is 6.68. The molecule has 1 unspecified atom stereocenters. The quantitative estimate of drug-likeness (QED) is 0.723. The van der Waals surface area contributed by atoms with Gasteiger partial charge in [0.15, 0.2) is 0 Å². The molecule has 0 saturated carbocycles. The largest absolute Gasteiger partial charge is 0.508 e. The molecule has 2 aromatic rings. The first kappa shape index (κ1) is 18.0. The monoisotopic (exact) mass is 375 g/mol. The highest BCUT2D eigenvalue weighted by Crippen LogP contribution is 2.25. The van der Waals surface area contributed by atoms with Gasteiger partial charge in [0.2, 0.25) is 10.0 Å². The van der Waals surface area contributed by atoms with Crippen molar-refractivity contribution in [1.82, 2.24) is 4.72 Å². The van der Waals surface area contributed by atoms with E-state index in [0.29, 0.717) is 5.02 Å². The molecule has 5 nitrogen and oxygen atoms in total. The Kier molecular flexibility index (Phi) is 5.89. The number of rotatable bonds is 6. The van der Waals surface area contributed by atoms with Gasteiger partial charge in [0, 0.05) is 11.1 Å². The molecule has 0 aliphatic carbocycles. The maximum absolute atomic E-state index is 12.4. The Balaban J connectivity index is 2.18. The average molecular weight is 376 g/mol. The standard InChI is InChI=1S/C15H15Cl2NO4S/c16-11-3-6-15(14(17)8-11)23(21,22)18-12(9-19)7-10-1-4-13(20)5-2-10/h1-6,8,12,18-20H,7,9H2. The summed E-state index contributed by atoms with van der Waals surface area (Å²) < 4.78 is 27.2. The molecule has 2 aromatic carbocycles. The molecule has 23 heavy (non-hydrogen) atoms. The summed E-state index contributed by atoms with van der Waals surface area (Å²) in [5.74, 6) is 0.114. The smallest absolute Gasteiger partial charge is 0.242 e. The van der Waals surface area contributed by atoms with Gasteiger partial charge in [-0.2, -0.15) is 0 Å². The summed E-state index contributed by atoms with van der Waals surface area (Å²) in [4.78, 5) is -0.104. The van der Waals surface area contributed by atoms with Gasteiger partial charge >= 0.3 is 0 Å². The third-order valence-corrected chi connectivity index (χ3v) is 5.38. The summed E-state index contributed by atoms with van der Waals surface area (Å²) in [5, 5.41) is 19.0. The van der Waals surface area contributed by atoms with Crippen molar-refractivity contribution in [2.75, 3.05) is 6.61 Å². The number of sulfonamides is 1. The average Bonchev–Trinajstić information content (AvgIpc) is 2.48. The maximum atomic E-state index is 12.4.